The molecule has 1 heterocycles. The highest BCUT2D eigenvalue weighted by atomic mass is 16.5. The van der Waals surface area contributed by atoms with Crippen LogP contribution in [0.1, 0.15) is 48.5 Å². The Labute approximate surface area is 147 Å². The lowest BCUT2D eigenvalue weighted by molar-refractivity contribution is 0.102. The summed E-state index contributed by atoms with van der Waals surface area (Å²) in [7, 11) is 0. The van der Waals surface area contributed by atoms with Crippen LogP contribution in [0.25, 0.3) is 11.4 Å². The first-order chi connectivity index (χ1) is 12.1. The summed E-state index contributed by atoms with van der Waals surface area (Å²) in [6, 6.07) is 15.1. The van der Waals surface area contributed by atoms with Gasteiger partial charge in [-0.3, -0.25) is 4.79 Å². The van der Waals surface area contributed by atoms with Crippen LogP contribution in [0, 0.1) is 0 Å². The fourth-order valence-electron chi connectivity index (χ4n) is 2.44. The van der Waals surface area contributed by atoms with Crippen molar-refractivity contribution in [2.45, 2.75) is 33.1 Å². The number of nitrogens with zero attached hydrogens (tertiary/aromatic N) is 2. The topological polar surface area (TPSA) is 68.0 Å². The summed E-state index contributed by atoms with van der Waals surface area (Å²) < 4.78 is 5.11. The average Bonchev–Trinajstić information content (AvgIpc) is 3.11. The van der Waals surface area contributed by atoms with Crippen LogP contribution in [0.15, 0.2) is 53.1 Å². The van der Waals surface area contributed by atoms with Gasteiger partial charge in [-0.15, -0.1) is 0 Å². The van der Waals surface area contributed by atoms with E-state index in [0.717, 1.165) is 11.3 Å². The maximum absolute atomic E-state index is 12.4. The number of rotatable bonds is 5. The zero-order valence-corrected chi connectivity index (χ0v) is 14.6. The summed E-state index contributed by atoms with van der Waals surface area (Å²) in [5, 5.41) is 6.84. The molecule has 5 heteroatoms. The van der Waals surface area contributed by atoms with E-state index in [0.29, 0.717) is 29.6 Å². The van der Waals surface area contributed by atoms with Gasteiger partial charge in [0.15, 0.2) is 0 Å². The van der Waals surface area contributed by atoms with Crippen LogP contribution < -0.4 is 5.32 Å². The number of aromatic nitrogens is 2. The molecule has 0 aliphatic carbocycles. The molecule has 0 aliphatic heterocycles. The Balaban J connectivity index is 1.70. The summed E-state index contributed by atoms with van der Waals surface area (Å²) in [6.07, 6.45) is 0.698. The minimum atomic E-state index is -0.147. The second-order valence-corrected chi connectivity index (χ2v) is 6.17. The second-order valence-electron chi connectivity index (χ2n) is 6.17. The molecule has 25 heavy (non-hydrogen) atoms. The average molecular weight is 335 g/mol. The van der Waals surface area contributed by atoms with Gasteiger partial charge < -0.3 is 9.84 Å². The number of hydrogen-bond acceptors (Lipinski definition) is 4. The lowest BCUT2D eigenvalue weighted by Crippen LogP contribution is -2.11. The Morgan fingerprint density at radius 1 is 1.08 bits per heavy atom. The van der Waals surface area contributed by atoms with E-state index in [2.05, 4.69) is 29.3 Å². The van der Waals surface area contributed by atoms with E-state index in [9.17, 15) is 4.79 Å². The highest BCUT2D eigenvalue weighted by molar-refractivity contribution is 6.04. The van der Waals surface area contributed by atoms with Gasteiger partial charge in [-0.05, 0) is 35.7 Å². The number of aryl methyl sites for hydroxylation is 1. The van der Waals surface area contributed by atoms with Gasteiger partial charge in [0.25, 0.3) is 5.91 Å². The molecule has 1 N–H and O–H groups in total. The van der Waals surface area contributed by atoms with Crippen molar-refractivity contribution in [3.63, 3.8) is 0 Å². The molecule has 0 saturated carbocycles. The van der Waals surface area contributed by atoms with E-state index in [1.165, 1.54) is 5.56 Å². The van der Waals surface area contributed by atoms with Gasteiger partial charge in [0.1, 0.15) is 0 Å². The van der Waals surface area contributed by atoms with Crippen LogP contribution in [0.3, 0.4) is 0 Å². The smallest absolute Gasteiger partial charge is 0.255 e. The monoisotopic (exact) mass is 335 g/mol. The largest absolute Gasteiger partial charge is 0.339 e. The normalized spacial score (nSPS) is 10.9. The number of carbonyl (C=O) groups is 1. The summed E-state index contributed by atoms with van der Waals surface area (Å²) >= 11 is 0. The predicted octanol–water partition coefficient (Wildman–Crippen LogP) is 4.67. The first kappa shape index (κ1) is 16.9. The predicted molar refractivity (Wildman–Crippen MR) is 97.6 cm³/mol. The lowest BCUT2D eigenvalue weighted by atomic mass is 10.0. The summed E-state index contributed by atoms with van der Waals surface area (Å²) in [5.74, 6) is 1.46. The van der Waals surface area contributed by atoms with Gasteiger partial charge >= 0.3 is 0 Å². The molecule has 0 radical (unpaired) electrons. The molecular weight excluding hydrogens is 314 g/mol. The molecule has 0 aliphatic rings. The van der Waals surface area contributed by atoms with Crippen molar-refractivity contribution < 1.29 is 9.32 Å². The molecule has 0 saturated heterocycles. The highest BCUT2D eigenvalue weighted by Gasteiger charge is 2.10. The van der Waals surface area contributed by atoms with E-state index < -0.39 is 0 Å². The minimum Gasteiger partial charge on any atom is -0.339 e. The number of carbonyl (C=O) groups excluding carboxylic acids is 1. The Kier molecular flexibility index (Phi) is 4.93. The molecule has 0 unspecified atom stereocenters. The van der Waals surface area contributed by atoms with Crippen molar-refractivity contribution in [3.8, 4) is 11.4 Å². The zero-order chi connectivity index (χ0) is 17.8. The van der Waals surface area contributed by atoms with Gasteiger partial charge in [-0.2, -0.15) is 4.98 Å². The van der Waals surface area contributed by atoms with Crippen molar-refractivity contribution in [3.05, 3.63) is 65.5 Å². The third kappa shape index (κ3) is 3.94. The number of benzene rings is 2. The molecule has 0 bridgehead atoms. The molecule has 3 rings (SSSR count). The van der Waals surface area contributed by atoms with Crippen LogP contribution in [0.5, 0.6) is 0 Å². The molecule has 0 spiro atoms. The molecule has 128 valence electrons. The third-order valence-electron chi connectivity index (χ3n) is 4.01. The number of anilines is 1. The van der Waals surface area contributed by atoms with Crippen LogP contribution in [-0.2, 0) is 6.42 Å². The van der Waals surface area contributed by atoms with Crippen molar-refractivity contribution in [1.29, 1.82) is 0 Å². The molecular formula is C20H21N3O2. The van der Waals surface area contributed by atoms with Gasteiger partial charge in [0.2, 0.25) is 11.7 Å². The fraction of sp³-hybridized carbons (Fsp3) is 0.250. The van der Waals surface area contributed by atoms with Gasteiger partial charge in [0.05, 0.1) is 0 Å². The second kappa shape index (κ2) is 7.30. The molecule has 1 amide bonds. The van der Waals surface area contributed by atoms with E-state index in [-0.39, 0.29) is 5.91 Å². The van der Waals surface area contributed by atoms with E-state index >= 15 is 0 Å². The SMILES string of the molecule is CCc1nc(-c2ccc(C(=O)Nc3ccc(C(C)C)cc3)cc2)no1. The van der Waals surface area contributed by atoms with Crippen LogP contribution in [0.2, 0.25) is 0 Å². The summed E-state index contributed by atoms with van der Waals surface area (Å²) in [6.45, 7) is 6.24. The first-order valence-corrected chi connectivity index (χ1v) is 8.41. The Morgan fingerprint density at radius 2 is 1.76 bits per heavy atom. The van der Waals surface area contributed by atoms with Crippen LogP contribution >= 0.6 is 0 Å². The Morgan fingerprint density at radius 3 is 2.32 bits per heavy atom. The quantitative estimate of drug-likeness (QED) is 0.735. The minimum absolute atomic E-state index is 0.147. The van der Waals surface area contributed by atoms with Gasteiger partial charge in [0, 0.05) is 23.2 Å². The van der Waals surface area contributed by atoms with E-state index in [1.807, 2.05) is 43.3 Å². The Bertz CT molecular complexity index is 849. The van der Waals surface area contributed by atoms with E-state index in [1.54, 1.807) is 12.1 Å². The maximum Gasteiger partial charge on any atom is 0.255 e. The highest BCUT2D eigenvalue weighted by Crippen LogP contribution is 2.19. The molecule has 1 aromatic heterocycles. The molecule has 3 aromatic rings. The van der Waals surface area contributed by atoms with Crippen molar-refractivity contribution in [1.82, 2.24) is 10.1 Å². The molecule has 0 atom stereocenters. The van der Waals surface area contributed by atoms with Crippen LogP contribution in [-0.4, -0.2) is 16.0 Å². The Hall–Kier alpha value is -2.95. The maximum atomic E-state index is 12.4. The number of amides is 1. The molecule has 0 fully saturated rings. The van der Waals surface area contributed by atoms with Gasteiger partial charge in [-0.1, -0.05) is 50.2 Å². The molecule has 2 aromatic carbocycles. The fourth-order valence-corrected chi connectivity index (χ4v) is 2.44. The van der Waals surface area contributed by atoms with Crippen molar-refractivity contribution in [2.75, 3.05) is 5.32 Å². The summed E-state index contributed by atoms with van der Waals surface area (Å²) in [4.78, 5) is 16.7. The van der Waals surface area contributed by atoms with Crippen LogP contribution in [0.4, 0.5) is 5.69 Å². The third-order valence-corrected chi connectivity index (χ3v) is 4.01. The standard InChI is InChI=1S/C20H21N3O2/c1-4-18-22-19(23-25-18)15-5-7-16(8-6-15)20(24)21-17-11-9-14(10-12-17)13(2)3/h5-13H,4H2,1-3H3,(H,21,24). The molecule has 5 nitrogen and oxygen atoms in total. The number of hydrogen-bond donors (Lipinski definition) is 1. The van der Waals surface area contributed by atoms with Crippen molar-refractivity contribution in [2.24, 2.45) is 0 Å². The first-order valence-electron chi connectivity index (χ1n) is 8.41. The van der Waals surface area contributed by atoms with E-state index in [4.69, 9.17) is 4.52 Å². The number of nitrogens with one attached hydrogen (secondary N) is 1. The lowest BCUT2D eigenvalue weighted by Gasteiger charge is -2.08. The van der Waals surface area contributed by atoms with Gasteiger partial charge in [-0.25, -0.2) is 0 Å². The zero-order valence-electron chi connectivity index (χ0n) is 14.6. The van der Waals surface area contributed by atoms with Crippen molar-refractivity contribution >= 4 is 11.6 Å². The summed E-state index contributed by atoms with van der Waals surface area (Å²) in [5.41, 5.74) is 3.43.